The van der Waals surface area contributed by atoms with Gasteiger partial charge >= 0.3 is 6.18 Å². The number of rotatable bonds is 6. The molecular weight excluding hydrogens is 529 g/mol. The third-order valence-electron chi connectivity index (χ3n) is 8.01. The second-order valence-electron chi connectivity index (χ2n) is 10.9. The quantitative estimate of drug-likeness (QED) is 0.446. The molecule has 0 amide bonds. The fourth-order valence-corrected chi connectivity index (χ4v) is 7.47. The molecule has 0 bridgehead atoms. The maximum Gasteiger partial charge on any atom is 0.417 e. The van der Waals surface area contributed by atoms with Crippen molar-refractivity contribution in [1.82, 2.24) is 9.97 Å². The molecule has 1 aromatic carbocycles. The number of nitrogens with zero attached hydrogens (tertiary/aromatic N) is 3. The van der Waals surface area contributed by atoms with E-state index in [-0.39, 0.29) is 6.04 Å². The van der Waals surface area contributed by atoms with Crippen LogP contribution in [0.15, 0.2) is 65.8 Å². The highest BCUT2D eigenvalue weighted by atomic mass is 32.2. The molecule has 6 rings (SSSR count). The Morgan fingerprint density at radius 2 is 1.64 bits per heavy atom. The Morgan fingerprint density at radius 1 is 0.923 bits per heavy atom. The van der Waals surface area contributed by atoms with Crippen molar-refractivity contribution < 1.29 is 26.3 Å². The predicted octanol–water partition coefficient (Wildman–Crippen LogP) is 5.20. The van der Waals surface area contributed by atoms with Crippen LogP contribution < -0.4 is 10.2 Å². The normalized spacial score (nSPS) is 22.7. The van der Waals surface area contributed by atoms with Gasteiger partial charge in [0.15, 0.2) is 9.84 Å². The van der Waals surface area contributed by atoms with E-state index in [1.165, 1.54) is 6.07 Å². The van der Waals surface area contributed by atoms with Crippen LogP contribution in [0.3, 0.4) is 0 Å². The maximum atomic E-state index is 13.4. The molecule has 0 unspecified atom stereocenters. The largest absolute Gasteiger partial charge is 0.417 e. The summed E-state index contributed by atoms with van der Waals surface area (Å²) in [6.45, 7) is 3.51. The number of benzene rings is 1. The van der Waals surface area contributed by atoms with Gasteiger partial charge in [0, 0.05) is 31.5 Å². The molecule has 0 radical (unpaired) electrons. The van der Waals surface area contributed by atoms with Crippen molar-refractivity contribution in [3.63, 3.8) is 0 Å². The van der Waals surface area contributed by atoms with Gasteiger partial charge in [0.05, 0.1) is 34.3 Å². The van der Waals surface area contributed by atoms with Crippen LogP contribution in [0.2, 0.25) is 0 Å². The van der Waals surface area contributed by atoms with E-state index in [1.807, 2.05) is 24.3 Å². The van der Waals surface area contributed by atoms with Crippen molar-refractivity contribution in [2.45, 2.75) is 48.0 Å². The zero-order chi connectivity index (χ0) is 27.3. The minimum Gasteiger partial charge on any atom is -0.380 e. The van der Waals surface area contributed by atoms with Crippen molar-refractivity contribution in [3.8, 4) is 11.1 Å². The van der Waals surface area contributed by atoms with Gasteiger partial charge < -0.3 is 15.0 Å². The minimum atomic E-state index is -4.43. The first kappa shape index (κ1) is 26.1. The van der Waals surface area contributed by atoms with Crippen molar-refractivity contribution in [2.75, 3.05) is 36.5 Å². The molecule has 2 saturated heterocycles. The molecule has 0 atom stereocenters. The molecule has 3 aliphatic rings. The molecule has 1 N–H and O–H groups in total. The fourth-order valence-electron chi connectivity index (χ4n) is 5.67. The Balaban J connectivity index is 1.06. The lowest BCUT2D eigenvalue weighted by atomic mass is 9.78. The second-order valence-corrected chi connectivity index (χ2v) is 13.1. The molecule has 7 nitrogen and oxygen atoms in total. The highest BCUT2D eigenvalue weighted by Crippen LogP contribution is 2.40. The Bertz CT molecular complexity index is 1430. The van der Waals surface area contributed by atoms with E-state index in [9.17, 15) is 21.6 Å². The Kier molecular flexibility index (Phi) is 6.53. The van der Waals surface area contributed by atoms with Gasteiger partial charge in [-0.15, -0.1) is 0 Å². The minimum absolute atomic E-state index is 0.0398. The van der Waals surface area contributed by atoms with Gasteiger partial charge in [0.1, 0.15) is 11.6 Å². The Hall–Kier alpha value is -3.18. The van der Waals surface area contributed by atoms with E-state index in [2.05, 4.69) is 20.2 Å². The number of hydrogen-bond acceptors (Lipinski definition) is 7. The average Bonchev–Trinajstić information content (AvgIpc) is 2.87. The van der Waals surface area contributed by atoms with Gasteiger partial charge in [-0.3, -0.25) is 0 Å². The number of hydrogen-bond donors (Lipinski definition) is 1. The highest BCUT2D eigenvalue weighted by Gasteiger charge is 2.49. The summed E-state index contributed by atoms with van der Waals surface area (Å²) in [4.78, 5) is 10.9. The van der Waals surface area contributed by atoms with E-state index in [4.69, 9.17) is 4.74 Å². The topological polar surface area (TPSA) is 84.4 Å². The molecule has 39 heavy (non-hydrogen) atoms. The summed E-state index contributed by atoms with van der Waals surface area (Å²) in [6.07, 6.45) is 0.282. The number of halogens is 3. The first-order valence-electron chi connectivity index (χ1n) is 13.0. The molecule has 1 saturated carbocycles. The smallest absolute Gasteiger partial charge is 0.380 e. The Labute approximate surface area is 225 Å². The monoisotopic (exact) mass is 558 g/mol. The standard InChI is InChI=1S/C28H29F3N4O3S/c29-28(30,31)21-3-10-25(33-14-21)34-22-4-8-24(9-5-22)39(36,37)23-6-1-19(2-7-23)20-11-12-32-26(13-20)35-15-27(16-35)17-38-18-27/h1-3,6-7,10-14,22,24H,4-5,8-9,15-18H2,(H,33,34). The lowest BCUT2D eigenvalue weighted by Gasteiger charge is -2.55. The number of alkyl halides is 3. The van der Waals surface area contributed by atoms with Crippen LogP contribution >= 0.6 is 0 Å². The fraction of sp³-hybridized carbons (Fsp3) is 0.429. The van der Waals surface area contributed by atoms with Gasteiger partial charge in [0.2, 0.25) is 0 Å². The zero-order valence-electron chi connectivity index (χ0n) is 21.2. The third kappa shape index (κ3) is 5.21. The van der Waals surface area contributed by atoms with Gasteiger partial charge in [-0.25, -0.2) is 18.4 Å². The lowest BCUT2D eigenvalue weighted by molar-refractivity contribution is -0.137. The SMILES string of the molecule is O=S(=O)(c1ccc(-c2ccnc(N3CC4(COC4)C3)c2)cc1)C1CCC(Nc2ccc(C(F)(F)F)cn2)CC1. The van der Waals surface area contributed by atoms with E-state index in [0.717, 1.165) is 55.5 Å². The molecule has 2 aromatic heterocycles. The van der Waals surface area contributed by atoms with Crippen LogP contribution in [0.5, 0.6) is 0 Å². The van der Waals surface area contributed by atoms with Crippen molar-refractivity contribution in [1.29, 1.82) is 0 Å². The number of nitrogens with one attached hydrogen (secondary N) is 1. The molecular formula is C28H29F3N4O3S. The van der Waals surface area contributed by atoms with Gasteiger partial charge in [0.25, 0.3) is 0 Å². The van der Waals surface area contributed by atoms with Crippen LogP contribution in [0.4, 0.5) is 24.8 Å². The molecule has 2 aliphatic heterocycles. The van der Waals surface area contributed by atoms with Crippen LogP contribution in [0.25, 0.3) is 11.1 Å². The molecule has 206 valence electrons. The van der Waals surface area contributed by atoms with E-state index < -0.39 is 26.8 Å². The van der Waals surface area contributed by atoms with Crippen LogP contribution in [-0.2, 0) is 20.8 Å². The number of pyridine rings is 2. The predicted molar refractivity (Wildman–Crippen MR) is 141 cm³/mol. The van der Waals surface area contributed by atoms with Crippen molar-refractivity contribution in [2.24, 2.45) is 5.41 Å². The lowest BCUT2D eigenvalue weighted by Crippen LogP contribution is -2.66. The van der Waals surface area contributed by atoms with Crippen molar-refractivity contribution >= 4 is 21.5 Å². The van der Waals surface area contributed by atoms with E-state index in [0.29, 0.717) is 41.8 Å². The highest BCUT2D eigenvalue weighted by molar-refractivity contribution is 7.92. The molecule has 3 fully saturated rings. The maximum absolute atomic E-state index is 13.4. The molecule has 3 aromatic rings. The summed E-state index contributed by atoms with van der Waals surface area (Å²) in [7, 11) is -3.51. The number of ether oxygens (including phenoxy) is 1. The summed E-state index contributed by atoms with van der Waals surface area (Å²) in [5.74, 6) is 1.27. The zero-order valence-corrected chi connectivity index (χ0v) is 22.0. The third-order valence-corrected chi connectivity index (χ3v) is 10.3. The van der Waals surface area contributed by atoms with E-state index >= 15 is 0 Å². The molecule has 1 spiro atoms. The summed E-state index contributed by atoms with van der Waals surface area (Å²) in [5, 5.41) is 2.64. The summed E-state index contributed by atoms with van der Waals surface area (Å²) >= 11 is 0. The van der Waals surface area contributed by atoms with Crippen LogP contribution in [0, 0.1) is 5.41 Å². The van der Waals surface area contributed by atoms with Gasteiger partial charge in [-0.05, 0) is 73.2 Å². The second kappa shape index (κ2) is 9.78. The first-order chi connectivity index (χ1) is 18.6. The van der Waals surface area contributed by atoms with Crippen molar-refractivity contribution in [3.05, 3.63) is 66.5 Å². The molecule has 1 aliphatic carbocycles. The van der Waals surface area contributed by atoms with Gasteiger partial charge in [-0.1, -0.05) is 12.1 Å². The Morgan fingerprint density at radius 3 is 2.23 bits per heavy atom. The first-order valence-corrected chi connectivity index (χ1v) is 14.6. The summed E-state index contributed by atoms with van der Waals surface area (Å²) in [5.41, 5.74) is 1.41. The average molecular weight is 559 g/mol. The van der Waals surface area contributed by atoms with Crippen LogP contribution in [-0.4, -0.2) is 56.0 Å². The number of aromatic nitrogens is 2. The number of anilines is 2. The summed E-state index contributed by atoms with van der Waals surface area (Å²) < 4.78 is 70.3. The molecule has 11 heteroatoms. The van der Waals surface area contributed by atoms with Gasteiger partial charge in [-0.2, -0.15) is 13.2 Å². The summed E-state index contributed by atoms with van der Waals surface area (Å²) in [6, 6.07) is 13.2. The molecule has 4 heterocycles. The number of sulfone groups is 1. The van der Waals surface area contributed by atoms with Crippen LogP contribution in [0.1, 0.15) is 31.2 Å². The van der Waals surface area contributed by atoms with E-state index in [1.54, 1.807) is 18.3 Å².